The molecule has 0 saturated heterocycles. The van der Waals surface area contributed by atoms with Gasteiger partial charge in [-0.1, -0.05) is 0 Å². The van der Waals surface area contributed by atoms with Crippen molar-refractivity contribution in [1.29, 1.82) is 0 Å². The molecule has 0 aliphatic rings. The van der Waals surface area contributed by atoms with Crippen molar-refractivity contribution in [1.82, 2.24) is 0 Å². The highest BCUT2D eigenvalue weighted by Crippen LogP contribution is 2.33. The summed E-state index contributed by atoms with van der Waals surface area (Å²) < 4.78 is 23.8. The van der Waals surface area contributed by atoms with Crippen LogP contribution in [0.1, 0.15) is 33.7 Å². The molecule has 21 heavy (non-hydrogen) atoms. The van der Waals surface area contributed by atoms with E-state index < -0.39 is 17.9 Å². The largest absolute Gasteiger partial charge is 0.475 e. The van der Waals surface area contributed by atoms with Gasteiger partial charge in [-0.3, -0.25) is 0 Å². The lowest BCUT2D eigenvalue weighted by Gasteiger charge is -2.05. The van der Waals surface area contributed by atoms with Crippen LogP contribution in [0.3, 0.4) is 0 Å². The van der Waals surface area contributed by atoms with Gasteiger partial charge < -0.3 is 19.0 Å². The minimum atomic E-state index is -1.26. The van der Waals surface area contributed by atoms with Gasteiger partial charge in [-0.2, -0.15) is 0 Å². The van der Waals surface area contributed by atoms with Gasteiger partial charge in [-0.25, -0.2) is 9.18 Å². The van der Waals surface area contributed by atoms with E-state index in [1.54, 1.807) is 6.92 Å². The van der Waals surface area contributed by atoms with Crippen LogP contribution in [-0.4, -0.2) is 16.2 Å². The first-order valence-corrected chi connectivity index (χ1v) is 6.17. The number of furan rings is 2. The number of hydrogen-bond donors (Lipinski definition) is 2. The molecule has 3 rings (SSSR count). The van der Waals surface area contributed by atoms with Crippen LogP contribution in [0, 0.1) is 12.7 Å². The molecule has 5 nitrogen and oxygen atoms in total. The fourth-order valence-electron chi connectivity index (χ4n) is 2.22. The molecular weight excluding hydrogens is 279 g/mol. The summed E-state index contributed by atoms with van der Waals surface area (Å²) in [6, 6.07) is 6.66. The molecule has 2 heterocycles. The molecule has 1 unspecified atom stereocenters. The van der Waals surface area contributed by atoms with Crippen LogP contribution in [-0.2, 0) is 0 Å². The maximum Gasteiger partial charge on any atom is 0.371 e. The Morgan fingerprint density at radius 1 is 1.24 bits per heavy atom. The number of hydrogen-bond acceptors (Lipinski definition) is 4. The second-order valence-corrected chi connectivity index (χ2v) is 4.64. The molecule has 108 valence electrons. The highest BCUT2D eigenvalue weighted by Gasteiger charge is 2.24. The van der Waals surface area contributed by atoms with Gasteiger partial charge in [0.05, 0.1) is 0 Å². The van der Waals surface area contributed by atoms with E-state index in [1.807, 2.05) is 0 Å². The zero-order valence-corrected chi connectivity index (χ0v) is 11.0. The average Bonchev–Trinajstić information content (AvgIpc) is 3.04. The summed E-state index contributed by atoms with van der Waals surface area (Å²) in [5.41, 5.74) is 1.01. The first-order valence-electron chi connectivity index (χ1n) is 6.17. The lowest BCUT2D eigenvalue weighted by Crippen LogP contribution is -1.99. The Morgan fingerprint density at radius 3 is 2.67 bits per heavy atom. The van der Waals surface area contributed by atoms with E-state index in [9.17, 15) is 14.3 Å². The number of aryl methyl sites for hydroxylation is 1. The van der Waals surface area contributed by atoms with Crippen molar-refractivity contribution in [2.75, 3.05) is 0 Å². The Morgan fingerprint density at radius 2 is 2.00 bits per heavy atom. The van der Waals surface area contributed by atoms with Crippen molar-refractivity contribution >= 4 is 16.9 Å². The van der Waals surface area contributed by atoms with Gasteiger partial charge in [0.1, 0.15) is 22.9 Å². The monoisotopic (exact) mass is 290 g/mol. The Bertz CT molecular complexity index is 830. The molecular formula is C15H11FO5. The summed E-state index contributed by atoms with van der Waals surface area (Å²) in [7, 11) is 0. The molecule has 2 N–H and O–H groups in total. The van der Waals surface area contributed by atoms with Gasteiger partial charge >= 0.3 is 5.97 Å². The Balaban J connectivity index is 2.06. The number of fused-ring (bicyclic) bond motifs is 1. The summed E-state index contributed by atoms with van der Waals surface area (Å²) in [6.45, 7) is 1.69. The van der Waals surface area contributed by atoms with Crippen molar-refractivity contribution in [3.63, 3.8) is 0 Å². The third-order valence-corrected chi connectivity index (χ3v) is 3.29. The van der Waals surface area contributed by atoms with E-state index in [-0.39, 0.29) is 17.3 Å². The van der Waals surface area contributed by atoms with Gasteiger partial charge in [-0.15, -0.1) is 0 Å². The number of aliphatic hydroxyl groups is 1. The lowest BCUT2D eigenvalue weighted by atomic mass is 10.1. The third-order valence-electron chi connectivity index (χ3n) is 3.29. The van der Waals surface area contributed by atoms with Gasteiger partial charge in [0.15, 0.2) is 6.10 Å². The van der Waals surface area contributed by atoms with Crippen molar-refractivity contribution in [3.05, 3.63) is 59.0 Å². The summed E-state index contributed by atoms with van der Waals surface area (Å²) in [6.07, 6.45) is -1.26. The number of aromatic carboxylic acids is 1. The lowest BCUT2D eigenvalue weighted by molar-refractivity contribution is 0.0653. The standard InChI is InChI=1S/C15H11FO5/c1-7-9-6-8(16)2-3-10(9)21-14(7)13(17)11-4-5-12(20-11)15(18)19/h2-6,13,17H,1H3,(H,18,19). The van der Waals surface area contributed by atoms with E-state index in [0.29, 0.717) is 16.5 Å². The molecule has 0 radical (unpaired) electrons. The predicted molar refractivity (Wildman–Crippen MR) is 70.6 cm³/mol. The van der Waals surface area contributed by atoms with Crippen LogP contribution in [0.25, 0.3) is 11.0 Å². The molecule has 2 aromatic heterocycles. The Labute approximate surface area is 118 Å². The topological polar surface area (TPSA) is 83.8 Å². The van der Waals surface area contributed by atoms with Crippen molar-refractivity contribution in [2.24, 2.45) is 0 Å². The molecule has 1 aromatic carbocycles. The smallest absolute Gasteiger partial charge is 0.371 e. The van der Waals surface area contributed by atoms with Crippen LogP contribution in [0.2, 0.25) is 0 Å². The number of benzene rings is 1. The van der Waals surface area contributed by atoms with Gasteiger partial charge in [0, 0.05) is 10.9 Å². The Kier molecular flexibility index (Phi) is 3.03. The zero-order chi connectivity index (χ0) is 15.1. The van der Waals surface area contributed by atoms with Crippen LogP contribution < -0.4 is 0 Å². The zero-order valence-electron chi connectivity index (χ0n) is 11.0. The molecule has 0 amide bonds. The van der Waals surface area contributed by atoms with Crippen molar-refractivity contribution in [3.8, 4) is 0 Å². The minimum Gasteiger partial charge on any atom is -0.475 e. The number of halogens is 1. The van der Waals surface area contributed by atoms with Crippen molar-refractivity contribution in [2.45, 2.75) is 13.0 Å². The number of carboxylic acids is 1. The maximum atomic E-state index is 13.3. The van der Waals surface area contributed by atoms with Crippen molar-refractivity contribution < 1.29 is 28.2 Å². The molecule has 6 heteroatoms. The normalized spacial score (nSPS) is 12.7. The van der Waals surface area contributed by atoms with E-state index in [1.165, 1.54) is 30.3 Å². The van der Waals surface area contributed by atoms with Gasteiger partial charge in [-0.05, 0) is 37.3 Å². The van der Waals surface area contributed by atoms with E-state index >= 15 is 0 Å². The van der Waals surface area contributed by atoms with Crippen LogP contribution >= 0.6 is 0 Å². The fourth-order valence-corrected chi connectivity index (χ4v) is 2.22. The van der Waals surface area contributed by atoms with Gasteiger partial charge in [0.2, 0.25) is 5.76 Å². The summed E-state index contributed by atoms with van der Waals surface area (Å²) in [5, 5.41) is 19.6. The highest BCUT2D eigenvalue weighted by molar-refractivity contribution is 5.84. The number of carbonyl (C=O) groups is 1. The number of carboxylic acid groups (broad SMARTS) is 1. The first kappa shape index (κ1) is 13.4. The third kappa shape index (κ3) is 2.19. The predicted octanol–water partition coefficient (Wildman–Crippen LogP) is 3.25. The van der Waals surface area contributed by atoms with Crippen LogP contribution in [0.15, 0.2) is 39.2 Å². The summed E-state index contributed by atoms with van der Waals surface area (Å²) in [5.74, 6) is -1.66. The van der Waals surface area contributed by atoms with Crippen LogP contribution in [0.5, 0.6) is 0 Å². The quantitative estimate of drug-likeness (QED) is 0.773. The molecule has 0 bridgehead atoms. The first-order chi connectivity index (χ1) is 9.97. The second-order valence-electron chi connectivity index (χ2n) is 4.64. The average molecular weight is 290 g/mol. The molecule has 0 aliphatic heterocycles. The summed E-state index contributed by atoms with van der Waals surface area (Å²) in [4.78, 5) is 10.8. The molecule has 0 spiro atoms. The van der Waals surface area contributed by atoms with E-state index in [2.05, 4.69) is 0 Å². The minimum absolute atomic E-state index is 0.0510. The molecule has 0 fully saturated rings. The summed E-state index contributed by atoms with van der Waals surface area (Å²) >= 11 is 0. The fraction of sp³-hybridized carbons (Fsp3) is 0.133. The van der Waals surface area contributed by atoms with Gasteiger partial charge in [0.25, 0.3) is 0 Å². The molecule has 0 aliphatic carbocycles. The molecule has 1 atom stereocenters. The molecule has 0 saturated carbocycles. The van der Waals surface area contributed by atoms with E-state index in [4.69, 9.17) is 13.9 Å². The second kappa shape index (κ2) is 4.75. The van der Waals surface area contributed by atoms with E-state index in [0.717, 1.165) is 0 Å². The number of aliphatic hydroxyl groups excluding tert-OH is 1. The molecule has 3 aromatic rings. The SMILES string of the molecule is Cc1c(C(O)c2ccc(C(=O)O)o2)oc2ccc(F)cc12. The number of rotatable bonds is 3. The highest BCUT2D eigenvalue weighted by atomic mass is 19.1. The maximum absolute atomic E-state index is 13.3. The Hall–Kier alpha value is -2.60. The van der Waals surface area contributed by atoms with Crippen LogP contribution in [0.4, 0.5) is 4.39 Å².